The van der Waals surface area contributed by atoms with E-state index in [2.05, 4.69) is 46.5 Å². The van der Waals surface area contributed by atoms with Crippen LogP contribution in [0.25, 0.3) is 0 Å². The van der Waals surface area contributed by atoms with Crippen LogP contribution in [0.1, 0.15) is 45.1 Å². The van der Waals surface area contributed by atoms with Crippen molar-refractivity contribution in [3.8, 4) is 0 Å². The maximum atomic E-state index is 6.29. The molecule has 0 saturated carbocycles. The summed E-state index contributed by atoms with van der Waals surface area (Å²) in [5.41, 5.74) is 1.32. The molecule has 0 aliphatic carbocycles. The second-order valence-corrected chi connectivity index (χ2v) is 8.81. The monoisotopic (exact) mass is 406 g/mol. The summed E-state index contributed by atoms with van der Waals surface area (Å²) < 4.78 is 5.65. The summed E-state index contributed by atoms with van der Waals surface area (Å²) in [6, 6.07) is 9.39. The smallest absolute Gasteiger partial charge is 0.191 e. The molecule has 0 amide bonds. The zero-order chi connectivity index (χ0) is 20.0. The van der Waals surface area contributed by atoms with Gasteiger partial charge in [0.2, 0.25) is 0 Å². The molecule has 2 aliphatic heterocycles. The van der Waals surface area contributed by atoms with Crippen LogP contribution in [0.15, 0.2) is 29.3 Å². The number of aliphatic imine (C=N–C) groups is 1. The third-order valence-electron chi connectivity index (χ3n) is 6.31. The molecule has 2 heterocycles. The summed E-state index contributed by atoms with van der Waals surface area (Å²) in [5, 5.41) is 8.04. The van der Waals surface area contributed by atoms with E-state index in [9.17, 15) is 0 Å². The molecule has 2 fully saturated rings. The molecule has 1 aromatic carbocycles. The number of likely N-dealkylation sites (tertiary alicyclic amines) is 1. The van der Waals surface area contributed by atoms with Crippen molar-refractivity contribution >= 4 is 17.6 Å². The molecule has 2 saturated heterocycles. The first kappa shape index (κ1) is 21.4. The first-order valence-electron chi connectivity index (χ1n) is 10.6. The second-order valence-electron chi connectivity index (χ2n) is 8.38. The number of halogens is 1. The van der Waals surface area contributed by atoms with Crippen LogP contribution in [0.3, 0.4) is 0 Å². The SMILES string of the molecule is CN=C(NCC1(c2cccc(Cl)c2)CCOCC1)NC1CCN(C(C)C)CC1. The Bertz CT molecular complexity index is 650. The van der Waals surface area contributed by atoms with Gasteiger partial charge in [0.25, 0.3) is 0 Å². The molecule has 1 aromatic rings. The Morgan fingerprint density at radius 3 is 2.61 bits per heavy atom. The molecular weight excluding hydrogens is 372 g/mol. The van der Waals surface area contributed by atoms with Gasteiger partial charge >= 0.3 is 0 Å². The van der Waals surface area contributed by atoms with Crippen molar-refractivity contribution in [1.29, 1.82) is 0 Å². The Balaban J connectivity index is 1.60. The molecule has 5 nitrogen and oxygen atoms in total. The summed E-state index contributed by atoms with van der Waals surface area (Å²) in [4.78, 5) is 7.03. The van der Waals surface area contributed by atoms with Gasteiger partial charge in [0, 0.05) is 62.4 Å². The van der Waals surface area contributed by atoms with Gasteiger partial charge in [0.1, 0.15) is 0 Å². The zero-order valence-corrected chi connectivity index (χ0v) is 18.3. The lowest BCUT2D eigenvalue weighted by atomic mass is 9.74. The molecule has 28 heavy (non-hydrogen) atoms. The third kappa shape index (κ3) is 5.40. The minimum Gasteiger partial charge on any atom is -0.381 e. The van der Waals surface area contributed by atoms with Crippen LogP contribution in [0, 0.1) is 0 Å². The van der Waals surface area contributed by atoms with E-state index in [1.165, 1.54) is 5.56 Å². The highest BCUT2D eigenvalue weighted by Gasteiger charge is 2.35. The molecule has 156 valence electrons. The number of rotatable bonds is 5. The van der Waals surface area contributed by atoms with Crippen molar-refractivity contribution < 1.29 is 4.74 Å². The van der Waals surface area contributed by atoms with Crippen LogP contribution >= 0.6 is 11.6 Å². The lowest BCUT2D eigenvalue weighted by Crippen LogP contribution is -2.52. The predicted octanol–water partition coefficient (Wildman–Crippen LogP) is 3.43. The van der Waals surface area contributed by atoms with Gasteiger partial charge in [-0.3, -0.25) is 4.99 Å². The molecule has 2 aliphatic rings. The van der Waals surface area contributed by atoms with Crippen molar-refractivity contribution in [1.82, 2.24) is 15.5 Å². The van der Waals surface area contributed by atoms with Crippen molar-refractivity contribution in [3.63, 3.8) is 0 Å². The number of nitrogens with zero attached hydrogens (tertiary/aromatic N) is 2. The van der Waals surface area contributed by atoms with Crippen LogP contribution in [-0.4, -0.2) is 62.8 Å². The standard InChI is InChI=1S/C22H35ClN4O/c1-17(2)27-11-7-20(8-12-27)26-21(24-3)25-16-22(9-13-28-14-10-22)18-5-4-6-19(23)15-18/h4-6,15,17,20H,7-14,16H2,1-3H3,(H2,24,25,26). The van der Waals surface area contributed by atoms with Gasteiger partial charge in [-0.05, 0) is 57.2 Å². The van der Waals surface area contributed by atoms with Gasteiger partial charge in [0.15, 0.2) is 5.96 Å². The summed E-state index contributed by atoms with van der Waals surface area (Å²) >= 11 is 6.29. The van der Waals surface area contributed by atoms with Gasteiger partial charge in [-0.15, -0.1) is 0 Å². The number of piperidine rings is 1. The normalized spacial score (nSPS) is 21.7. The average Bonchev–Trinajstić information content (AvgIpc) is 2.72. The quantitative estimate of drug-likeness (QED) is 0.581. The van der Waals surface area contributed by atoms with Crippen molar-refractivity contribution in [2.24, 2.45) is 4.99 Å². The maximum absolute atomic E-state index is 6.29. The van der Waals surface area contributed by atoms with Gasteiger partial charge in [-0.2, -0.15) is 0 Å². The van der Waals surface area contributed by atoms with Crippen LogP contribution in [-0.2, 0) is 10.2 Å². The van der Waals surface area contributed by atoms with Gasteiger partial charge in [-0.1, -0.05) is 23.7 Å². The van der Waals surface area contributed by atoms with Crippen LogP contribution in [0.4, 0.5) is 0 Å². The molecule has 0 bridgehead atoms. The Labute approximate surface area is 174 Å². The molecular formula is C22H35ClN4O. The second kappa shape index (κ2) is 9.95. The largest absolute Gasteiger partial charge is 0.381 e. The Morgan fingerprint density at radius 2 is 2.00 bits per heavy atom. The molecule has 3 rings (SSSR count). The topological polar surface area (TPSA) is 48.9 Å². The first-order valence-corrected chi connectivity index (χ1v) is 11.0. The van der Waals surface area contributed by atoms with E-state index in [1.54, 1.807) is 0 Å². The molecule has 0 radical (unpaired) electrons. The fraction of sp³-hybridized carbons (Fsp3) is 0.682. The Kier molecular flexibility index (Phi) is 7.61. The maximum Gasteiger partial charge on any atom is 0.191 e. The Hall–Kier alpha value is -1.30. The fourth-order valence-corrected chi connectivity index (χ4v) is 4.54. The van der Waals surface area contributed by atoms with Crippen molar-refractivity contribution in [3.05, 3.63) is 34.9 Å². The lowest BCUT2D eigenvalue weighted by Gasteiger charge is -2.39. The number of guanidine groups is 1. The molecule has 0 aromatic heterocycles. The summed E-state index contributed by atoms with van der Waals surface area (Å²) in [6.45, 7) is 9.25. The molecule has 2 N–H and O–H groups in total. The number of hydrogen-bond donors (Lipinski definition) is 2. The average molecular weight is 407 g/mol. The predicted molar refractivity (Wildman–Crippen MR) is 117 cm³/mol. The van der Waals surface area contributed by atoms with Crippen molar-refractivity contribution in [2.45, 2.75) is 57.0 Å². The van der Waals surface area contributed by atoms with Crippen LogP contribution in [0.5, 0.6) is 0 Å². The minimum atomic E-state index is 0.0295. The van der Waals surface area contributed by atoms with E-state index >= 15 is 0 Å². The number of benzene rings is 1. The zero-order valence-electron chi connectivity index (χ0n) is 17.5. The first-order chi connectivity index (χ1) is 13.5. The molecule has 0 unspecified atom stereocenters. The number of ether oxygens (including phenoxy) is 1. The van der Waals surface area contributed by atoms with Crippen molar-refractivity contribution in [2.75, 3.05) is 39.9 Å². The molecule has 0 atom stereocenters. The summed E-state index contributed by atoms with van der Waals surface area (Å²) in [5.74, 6) is 0.899. The minimum absolute atomic E-state index is 0.0295. The molecule has 6 heteroatoms. The van der Waals surface area contributed by atoms with E-state index in [-0.39, 0.29) is 5.41 Å². The van der Waals surface area contributed by atoms with E-state index < -0.39 is 0 Å². The van der Waals surface area contributed by atoms with E-state index in [0.29, 0.717) is 12.1 Å². The molecule has 0 spiro atoms. The summed E-state index contributed by atoms with van der Waals surface area (Å²) in [6.07, 6.45) is 4.30. The van der Waals surface area contributed by atoms with E-state index in [1.807, 2.05) is 19.2 Å². The third-order valence-corrected chi connectivity index (χ3v) is 6.54. The van der Waals surface area contributed by atoms with Crippen LogP contribution < -0.4 is 10.6 Å². The fourth-order valence-electron chi connectivity index (χ4n) is 4.35. The number of hydrogen-bond acceptors (Lipinski definition) is 3. The lowest BCUT2D eigenvalue weighted by molar-refractivity contribution is 0.0513. The highest BCUT2D eigenvalue weighted by Crippen LogP contribution is 2.35. The number of nitrogens with one attached hydrogen (secondary N) is 2. The van der Waals surface area contributed by atoms with Gasteiger partial charge < -0.3 is 20.3 Å². The highest BCUT2D eigenvalue weighted by molar-refractivity contribution is 6.30. The van der Waals surface area contributed by atoms with Gasteiger partial charge in [-0.25, -0.2) is 0 Å². The summed E-state index contributed by atoms with van der Waals surface area (Å²) in [7, 11) is 1.86. The van der Waals surface area contributed by atoms with E-state index in [0.717, 1.165) is 69.5 Å². The highest BCUT2D eigenvalue weighted by atomic mass is 35.5. The van der Waals surface area contributed by atoms with Gasteiger partial charge in [0.05, 0.1) is 0 Å². The Morgan fingerprint density at radius 1 is 1.29 bits per heavy atom. The van der Waals surface area contributed by atoms with E-state index in [4.69, 9.17) is 16.3 Å². The van der Waals surface area contributed by atoms with Crippen LogP contribution in [0.2, 0.25) is 5.02 Å².